The first-order valence-corrected chi connectivity index (χ1v) is 4.46. The van der Waals surface area contributed by atoms with Crippen LogP contribution in [0.2, 0.25) is 0 Å². The molecule has 0 fully saturated rings. The fourth-order valence-corrected chi connectivity index (χ4v) is 1.21. The molecule has 0 aliphatic heterocycles. The normalized spacial score (nSPS) is 9.53. The summed E-state index contributed by atoms with van der Waals surface area (Å²) in [7, 11) is 2.26. The van der Waals surface area contributed by atoms with E-state index in [1.54, 1.807) is 0 Å². The number of nitro benzene ring substituents is 1. The lowest BCUT2D eigenvalue weighted by molar-refractivity contribution is -0.385. The molecule has 0 bridgehead atoms. The van der Waals surface area contributed by atoms with E-state index in [0.717, 1.165) is 19.2 Å². The van der Waals surface area contributed by atoms with Gasteiger partial charge in [0.2, 0.25) is 0 Å². The van der Waals surface area contributed by atoms with Gasteiger partial charge in [0.05, 0.1) is 24.7 Å². The molecule has 0 unspecified atom stereocenters. The van der Waals surface area contributed by atoms with Crippen molar-refractivity contribution in [3.8, 4) is 0 Å². The molecule has 0 saturated heterocycles. The van der Waals surface area contributed by atoms with Crippen LogP contribution in [0.15, 0.2) is 18.2 Å². The van der Waals surface area contributed by atoms with Gasteiger partial charge in [0.25, 0.3) is 5.69 Å². The van der Waals surface area contributed by atoms with Crippen molar-refractivity contribution in [1.82, 2.24) is 0 Å². The average Bonchev–Trinajstić information content (AvgIpc) is 2.35. The van der Waals surface area contributed by atoms with Crippen molar-refractivity contribution in [2.45, 2.75) is 0 Å². The standard InChI is InChI=1S/C10H9NO6/c1-16-9(12)6-3-4-8(11(14)15)7(5-6)10(13)17-2/h3-5H,1-2H3. The van der Waals surface area contributed by atoms with Crippen LogP contribution in [0.25, 0.3) is 0 Å². The number of ether oxygens (including phenoxy) is 2. The molecule has 0 saturated carbocycles. The Bertz CT molecular complexity index is 482. The van der Waals surface area contributed by atoms with Gasteiger partial charge in [-0.1, -0.05) is 0 Å². The van der Waals surface area contributed by atoms with Crippen LogP contribution in [0.1, 0.15) is 20.7 Å². The van der Waals surface area contributed by atoms with Crippen LogP contribution in [0.5, 0.6) is 0 Å². The third-order valence-electron chi connectivity index (χ3n) is 2.02. The zero-order chi connectivity index (χ0) is 13.0. The molecule has 0 N–H and O–H groups in total. The molecular weight excluding hydrogens is 230 g/mol. The van der Waals surface area contributed by atoms with Gasteiger partial charge in [-0.15, -0.1) is 0 Å². The van der Waals surface area contributed by atoms with Crippen molar-refractivity contribution in [3.63, 3.8) is 0 Å². The Morgan fingerprint density at radius 1 is 1.18 bits per heavy atom. The molecule has 1 aromatic carbocycles. The highest BCUT2D eigenvalue weighted by Gasteiger charge is 2.22. The topological polar surface area (TPSA) is 95.7 Å². The van der Waals surface area contributed by atoms with E-state index >= 15 is 0 Å². The predicted molar refractivity (Wildman–Crippen MR) is 55.8 cm³/mol. The first-order valence-electron chi connectivity index (χ1n) is 4.46. The SMILES string of the molecule is COC(=O)c1ccc([N+](=O)[O-])c(C(=O)OC)c1. The minimum Gasteiger partial charge on any atom is -0.465 e. The molecule has 17 heavy (non-hydrogen) atoms. The summed E-state index contributed by atoms with van der Waals surface area (Å²) >= 11 is 0. The molecule has 0 spiro atoms. The number of nitrogens with zero attached hydrogens (tertiary/aromatic N) is 1. The Morgan fingerprint density at radius 3 is 2.24 bits per heavy atom. The second-order valence-corrected chi connectivity index (χ2v) is 2.97. The van der Waals surface area contributed by atoms with Crippen molar-refractivity contribution >= 4 is 17.6 Å². The Balaban J connectivity index is 3.34. The molecule has 1 rings (SSSR count). The molecular formula is C10H9NO6. The van der Waals surface area contributed by atoms with E-state index < -0.39 is 22.5 Å². The number of hydrogen-bond donors (Lipinski definition) is 0. The van der Waals surface area contributed by atoms with Crippen LogP contribution >= 0.6 is 0 Å². The van der Waals surface area contributed by atoms with Gasteiger partial charge in [-0.25, -0.2) is 9.59 Å². The van der Waals surface area contributed by atoms with Gasteiger partial charge >= 0.3 is 11.9 Å². The summed E-state index contributed by atoms with van der Waals surface area (Å²) < 4.78 is 8.84. The second kappa shape index (κ2) is 5.06. The van der Waals surface area contributed by atoms with Gasteiger partial charge in [0.15, 0.2) is 0 Å². The fourth-order valence-electron chi connectivity index (χ4n) is 1.21. The number of methoxy groups -OCH3 is 2. The zero-order valence-corrected chi connectivity index (χ0v) is 9.13. The van der Waals surface area contributed by atoms with E-state index in [2.05, 4.69) is 9.47 Å². The molecule has 0 aliphatic carbocycles. The third kappa shape index (κ3) is 2.57. The number of nitro groups is 1. The largest absolute Gasteiger partial charge is 0.465 e. The molecule has 0 amide bonds. The van der Waals surface area contributed by atoms with E-state index in [0.29, 0.717) is 0 Å². The Kier molecular flexibility index (Phi) is 3.76. The van der Waals surface area contributed by atoms with E-state index in [1.807, 2.05) is 0 Å². The van der Waals surface area contributed by atoms with Crippen LogP contribution < -0.4 is 0 Å². The first kappa shape index (κ1) is 12.6. The summed E-state index contributed by atoms with van der Waals surface area (Å²) in [6.07, 6.45) is 0. The van der Waals surface area contributed by atoms with Crippen LogP contribution in [-0.2, 0) is 9.47 Å². The highest BCUT2D eigenvalue weighted by atomic mass is 16.6. The third-order valence-corrected chi connectivity index (χ3v) is 2.02. The summed E-state index contributed by atoms with van der Waals surface area (Å²) in [5.41, 5.74) is -0.677. The van der Waals surface area contributed by atoms with Crippen LogP contribution in [0.3, 0.4) is 0 Å². The quantitative estimate of drug-likeness (QED) is 0.446. The van der Waals surface area contributed by atoms with Crippen molar-refractivity contribution in [2.24, 2.45) is 0 Å². The van der Waals surface area contributed by atoms with Crippen molar-refractivity contribution in [1.29, 1.82) is 0 Å². The summed E-state index contributed by atoms with van der Waals surface area (Å²) in [4.78, 5) is 32.5. The van der Waals surface area contributed by atoms with E-state index in [-0.39, 0.29) is 11.1 Å². The first-order chi connectivity index (χ1) is 8.01. The number of esters is 2. The van der Waals surface area contributed by atoms with Crippen LogP contribution in [0.4, 0.5) is 5.69 Å². The molecule has 7 heteroatoms. The van der Waals surface area contributed by atoms with Gasteiger partial charge in [-0.3, -0.25) is 10.1 Å². The maximum absolute atomic E-state index is 11.3. The highest BCUT2D eigenvalue weighted by Crippen LogP contribution is 2.21. The monoisotopic (exact) mass is 239 g/mol. The zero-order valence-electron chi connectivity index (χ0n) is 9.13. The Morgan fingerprint density at radius 2 is 1.76 bits per heavy atom. The summed E-state index contributed by atoms with van der Waals surface area (Å²) in [5.74, 6) is -1.58. The molecule has 90 valence electrons. The predicted octanol–water partition coefficient (Wildman–Crippen LogP) is 1.17. The van der Waals surface area contributed by atoms with Gasteiger partial charge in [0, 0.05) is 6.07 Å². The molecule has 0 heterocycles. The van der Waals surface area contributed by atoms with E-state index in [4.69, 9.17) is 0 Å². The minimum atomic E-state index is -0.887. The lowest BCUT2D eigenvalue weighted by Gasteiger charge is -2.03. The number of hydrogen-bond acceptors (Lipinski definition) is 6. The molecule has 0 atom stereocenters. The number of carbonyl (C=O) groups excluding carboxylic acids is 2. The van der Waals surface area contributed by atoms with Gasteiger partial charge in [0.1, 0.15) is 5.56 Å². The minimum absolute atomic E-state index is 0.0403. The van der Waals surface area contributed by atoms with Gasteiger partial charge in [-0.2, -0.15) is 0 Å². The highest BCUT2D eigenvalue weighted by molar-refractivity contribution is 5.98. The summed E-state index contributed by atoms with van der Waals surface area (Å²) in [6, 6.07) is 3.32. The maximum atomic E-state index is 11.3. The van der Waals surface area contributed by atoms with Crippen LogP contribution in [0, 0.1) is 10.1 Å². The lowest BCUT2D eigenvalue weighted by Crippen LogP contribution is -2.09. The van der Waals surface area contributed by atoms with E-state index in [9.17, 15) is 19.7 Å². The Labute approximate surface area is 96.1 Å². The number of benzene rings is 1. The summed E-state index contributed by atoms with van der Waals surface area (Å²) in [6.45, 7) is 0. The van der Waals surface area contributed by atoms with Crippen LogP contribution in [-0.4, -0.2) is 31.1 Å². The average molecular weight is 239 g/mol. The lowest BCUT2D eigenvalue weighted by atomic mass is 10.1. The molecule has 0 aromatic heterocycles. The number of carbonyl (C=O) groups is 2. The maximum Gasteiger partial charge on any atom is 0.344 e. The number of rotatable bonds is 3. The summed E-state index contributed by atoms with van der Waals surface area (Å²) in [5, 5.41) is 10.7. The van der Waals surface area contributed by atoms with E-state index in [1.165, 1.54) is 13.2 Å². The molecule has 0 aliphatic rings. The Hall–Kier alpha value is -2.44. The molecule has 1 aromatic rings. The smallest absolute Gasteiger partial charge is 0.344 e. The van der Waals surface area contributed by atoms with Gasteiger partial charge in [-0.05, 0) is 12.1 Å². The van der Waals surface area contributed by atoms with Crippen molar-refractivity contribution in [3.05, 3.63) is 39.4 Å². The fraction of sp³-hybridized carbons (Fsp3) is 0.200. The van der Waals surface area contributed by atoms with Crippen molar-refractivity contribution < 1.29 is 24.0 Å². The molecule has 7 nitrogen and oxygen atoms in total. The molecule has 0 radical (unpaired) electrons. The second-order valence-electron chi connectivity index (χ2n) is 2.97. The van der Waals surface area contributed by atoms with Gasteiger partial charge < -0.3 is 9.47 Å². The van der Waals surface area contributed by atoms with Crippen molar-refractivity contribution in [2.75, 3.05) is 14.2 Å².